The number of hydrogen-bond acceptors (Lipinski definition) is 3. The van der Waals surface area contributed by atoms with Crippen LogP contribution in [-0.2, 0) is 4.79 Å². The topological polar surface area (TPSA) is 44.4 Å². The average Bonchev–Trinajstić information content (AvgIpc) is 2.28. The fourth-order valence-electron chi connectivity index (χ4n) is 2.05. The van der Waals surface area contributed by atoms with Gasteiger partial charge >= 0.3 is 0 Å². The summed E-state index contributed by atoms with van der Waals surface area (Å²) in [7, 11) is 0. The molecule has 1 saturated heterocycles. The number of piperazine rings is 1. The summed E-state index contributed by atoms with van der Waals surface area (Å²) >= 11 is 0. The Hall–Kier alpha value is -0.610. The molecule has 1 fully saturated rings. The smallest absolute Gasteiger partial charge is 0.237 e. The summed E-state index contributed by atoms with van der Waals surface area (Å²) in [5.74, 6) is 0.156. The van der Waals surface area contributed by atoms with Crippen molar-refractivity contribution < 1.29 is 4.79 Å². The van der Waals surface area contributed by atoms with Gasteiger partial charge in [-0.15, -0.1) is 0 Å². The van der Waals surface area contributed by atoms with Gasteiger partial charge in [0.05, 0.1) is 6.04 Å². The number of hydrogen-bond donors (Lipinski definition) is 2. The summed E-state index contributed by atoms with van der Waals surface area (Å²) in [4.78, 5) is 14.3. The Morgan fingerprint density at radius 3 is 2.81 bits per heavy atom. The van der Waals surface area contributed by atoms with Crippen LogP contribution in [-0.4, -0.2) is 48.6 Å². The first-order chi connectivity index (χ1) is 7.56. The van der Waals surface area contributed by atoms with Gasteiger partial charge in [-0.1, -0.05) is 6.92 Å². The first kappa shape index (κ1) is 13.5. The number of carbonyl (C=O) groups is 1. The number of nitrogens with one attached hydrogen (secondary N) is 2. The number of rotatable bonds is 4. The molecule has 3 atom stereocenters. The molecule has 0 bridgehead atoms. The van der Waals surface area contributed by atoms with Crippen LogP contribution in [0.1, 0.15) is 34.1 Å². The molecule has 4 nitrogen and oxygen atoms in total. The zero-order valence-electron chi connectivity index (χ0n) is 10.9. The summed E-state index contributed by atoms with van der Waals surface area (Å²) in [5, 5.41) is 6.38. The van der Waals surface area contributed by atoms with Crippen LogP contribution in [0.5, 0.6) is 0 Å². The molecule has 1 amide bonds. The first-order valence-electron chi connectivity index (χ1n) is 6.33. The molecular weight excluding hydrogens is 202 g/mol. The highest BCUT2D eigenvalue weighted by Gasteiger charge is 2.27. The van der Waals surface area contributed by atoms with E-state index in [0.717, 1.165) is 26.1 Å². The maximum Gasteiger partial charge on any atom is 0.237 e. The Morgan fingerprint density at radius 2 is 2.25 bits per heavy atom. The summed E-state index contributed by atoms with van der Waals surface area (Å²) in [6.07, 6.45) is 0.982. The average molecular weight is 227 g/mol. The minimum Gasteiger partial charge on any atom is -0.352 e. The van der Waals surface area contributed by atoms with Gasteiger partial charge in [0.1, 0.15) is 0 Å². The summed E-state index contributed by atoms with van der Waals surface area (Å²) < 4.78 is 0. The maximum atomic E-state index is 12.0. The van der Waals surface area contributed by atoms with Gasteiger partial charge in [-0.3, -0.25) is 9.69 Å². The molecule has 2 unspecified atom stereocenters. The Morgan fingerprint density at radius 1 is 1.56 bits per heavy atom. The van der Waals surface area contributed by atoms with E-state index in [0.29, 0.717) is 6.04 Å². The molecule has 94 valence electrons. The molecule has 0 aromatic rings. The van der Waals surface area contributed by atoms with Crippen LogP contribution >= 0.6 is 0 Å². The van der Waals surface area contributed by atoms with E-state index in [1.54, 1.807) is 0 Å². The standard InChI is InChI=1S/C12H25N3O/c1-5-9(2)14-12(16)11(4)15-7-6-13-8-10(15)3/h9-11,13H,5-8H2,1-4H3,(H,14,16)/t9?,10-,11?/m1/s1. The zero-order valence-corrected chi connectivity index (χ0v) is 10.9. The predicted octanol–water partition coefficient (Wildman–Crippen LogP) is 0.583. The van der Waals surface area contributed by atoms with Crippen LogP contribution < -0.4 is 10.6 Å². The molecule has 0 aromatic carbocycles. The lowest BCUT2D eigenvalue weighted by Gasteiger charge is -2.37. The van der Waals surface area contributed by atoms with Gasteiger partial charge < -0.3 is 10.6 Å². The van der Waals surface area contributed by atoms with E-state index in [1.807, 2.05) is 13.8 Å². The molecule has 0 saturated carbocycles. The van der Waals surface area contributed by atoms with Crippen molar-refractivity contribution in [3.8, 4) is 0 Å². The second-order valence-electron chi connectivity index (χ2n) is 4.78. The van der Waals surface area contributed by atoms with Gasteiger partial charge in [0.25, 0.3) is 0 Å². The van der Waals surface area contributed by atoms with E-state index in [2.05, 4.69) is 29.4 Å². The Balaban J connectivity index is 2.48. The lowest BCUT2D eigenvalue weighted by Crippen LogP contribution is -2.57. The highest BCUT2D eigenvalue weighted by atomic mass is 16.2. The molecule has 0 aliphatic carbocycles. The van der Waals surface area contributed by atoms with Gasteiger partial charge in [-0.05, 0) is 27.2 Å². The van der Waals surface area contributed by atoms with Gasteiger partial charge in [0.2, 0.25) is 5.91 Å². The Kier molecular flexibility index (Phi) is 5.22. The number of nitrogens with zero attached hydrogens (tertiary/aromatic N) is 1. The van der Waals surface area contributed by atoms with Crippen LogP contribution in [0.2, 0.25) is 0 Å². The van der Waals surface area contributed by atoms with Gasteiger partial charge in [-0.25, -0.2) is 0 Å². The van der Waals surface area contributed by atoms with Gasteiger partial charge in [0.15, 0.2) is 0 Å². The maximum absolute atomic E-state index is 12.0. The SMILES string of the molecule is CCC(C)NC(=O)C(C)N1CCNC[C@H]1C. The molecule has 2 N–H and O–H groups in total. The summed E-state index contributed by atoms with van der Waals surface area (Å²) in [6, 6.07) is 0.686. The fourth-order valence-corrected chi connectivity index (χ4v) is 2.05. The van der Waals surface area contributed by atoms with E-state index >= 15 is 0 Å². The number of amides is 1. The summed E-state index contributed by atoms with van der Waals surface area (Å²) in [5.41, 5.74) is 0. The normalized spacial score (nSPS) is 26.1. The first-order valence-corrected chi connectivity index (χ1v) is 6.33. The van der Waals surface area contributed by atoms with Crippen molar-refractivity contribution in [1.29, 1.82) is 0 Å². The van der Waals surface area contributed by atoms with Crippen LogP contribution in [0.3, 0.4) is 0 Å². The lowest BCUT2D eigenvalue weighted by molar-refractivity contribution is -0.127. The third kappa shape index (κ3) is 3.46. The molecule has 4 heteroatoms. The monoisotopic (exact) mass is 227 g/mol. The van der Waals surface area contributed by atoms with Crippen LogP contribution in [0, 0.1) is 0 Å². The zero-order chi connectivity index (χ0) is 12.1. The van der Waals surface area contributed by atoms with E-state index in [-0.39, 0.29) is 18.0 Å². The van der Waals surface area contributed by atoms with Gasteiger partial charge in [0, 0.05) is 31.7 Å². The van der Waals surface area contributed by atoms with Crippen LogP contribution in [0.25, 0.3) is 0 Å². The molecule has 1 heterocycles. The molecule has 1 aliphatic rings. The molecule has 16 heavy (non-hydrogen) atoms. The fraction of sp³-hybridized carbons (Fsp3) is 0.917. The quantitative estimate of drug-likeness (QED) is 0.738. The third-order valence-corrected chi connectivity index (χ3v) is 3.43. The minimum absolute atomic E-state index is 0.0221. The van der Waals surface area contributed by atoms with E-state index in [1.165, 1.54) is 0 Å². The van der Waals surface area contributed by atoms with Crippen molar-refractivity contribution in [2.75, 3.05) is 19.6 Å². The van der Waals surface area contributed by atoms with E-state index < -0.39 is 0 Å². The Bertz CT molecular complexity index is 232. The second-order valence-corrected chi connectivity index (χ2v) is 4.78. The van der Waals surface area contributed by atoms with E-state index in [4.69, 9.17) is 0 Å². The van der Waals surface area contributed by atoms with Crippen molar-refractivity contribution in [1.82, 2.24) is 15.5 Å². The minimum atomic E-state index is -0.0221. The molecule has 0 spiro atoms. The van der Waals surface area contributed by atoms with Crippen molar-refractivity contribution in [2.45, 2.75) is 52.2 Å². The molecule has 1 rings (SSSR count). The largest absolute Gasteiger partial charge is 0.352 e. The van der Waals surface area contributed by atoms with Crippen LogP contribution in [0.4, 0.5) is 0 Å². The highest BCUT2D eigenvalue weighted by Crippen LogP contribution is 2.08. The molecule has 1 aliphatic heterocycles. The molecule has 0 radical (unpaired) electrons. The van der Waals surface area contributed by atoms with Crippen molar-refractivity contribution >= 4 is 5.91 Å². The number of carbonyl (C=O) groups excluding carboxylic acids is 1. The second kappa shape index (κ2) is 6.21. The molecule has 0 aromatic heterocycles. The predicted molar refractivity (Wildman–Crippen MR) is 66.4 cm³/mol. The van der Waals surface area contributed by atoms with Crippen molar-refractivity contribution in [3.63, 3.8) is 0 Å². The lowest BCUT2D eigenvalue weighted by atomic mass is 10.1. The van der Waals surface area contributed by atoms with Gasteiger partial charge in [-0.2, -0.15) is 0 Å². The Labute approximate surface area is 98.8 Å². The van der Waals surface area contributed by atoms with Crippen molar-refractivity contribution in [3.05, 3.63) is 0 Å². The highest BCUT2D eigenvalue weighted by molar-refractivity contribution is 5.81. The van der Waals surface area contributed by atoms with Crippen molar-refractivity contribution in [2.24, 2.45) is 0 Å². The molecular formula is C12H25N3O. The van der Waals surface area contributed by atoms with Crippen LogP contribution in [0.15, 0.2) is 0 Å². The van der Waals surface area contributed by atoms with E-state index in [9.17, 15) is 4.79 Å². The summed E-state index contributed by atoms with van der Waals surface area (Å²) in [6.45, 7) is 11.2. The third-order valence-electron chi connectivity index (χ3n) is 3.43.